The first-order chi connectivity index (χ1) is 9.74. The normalized spacial score (nSPS) is 31.4. The second-order valence-corrected chi connectivity index (χ2v) is 7.16. The largest absolute Gasteiger partial charge is 0.312 e. The molecule has 1 aliphatic carbocycles. The zero-order valence-corrected chi connectivity index (χ0v) is 14.1. The second kappa shape index (κ2) is 7.79. The summed E-state index contributed by atoms with van der Waals surface area (Å²) in [5.41, 5.74) is 0.664. The predicted octanol–water partition coefficient (Wildman–Crippen LogP) is 4.20. The molecule has 1 aliphatic heterocycles. The van der Waals surface area contributed by atoms with E-state index in [1.807, 2.05) is 0 Å². The van der Waals surface area contributed by atoms with Crippen LogP contribution in [0.25, 0.3) is 0 Å². The van der Waals surface area contributed by atoms with Crippen LogP contribution in [0.4, 0.5) is 0 Å². The van der Waals surface area contributed by atoms with Crippen molar-refractivity contribution >= 4 is 0 Å². The van der Waals surface area contributed by atoms with Gasteiger partial charge in [0, 0.05) is 12.1 Å². The van der Waals surface area contributed by atoms with Crippen molar-refractivity contribution in [1.82, 2.24) is 10.2 Å². The summed E-state index contributed by atoms with van der Waals surface area (Å²) >= 11 is 0. The number of hydrogen-bond donors (Lipinski definition) is 1. The van der Waals surface area contributed by atoms with Gasteiger partial charge >= 0.3 is 0 Å². The number of likely N-dealkylation sites (tertiary alicyclic amines) is 1. The Labute approximate surface area is 126 Å². The van der Waals surface area contributed by atoms with Gasteiger partial charge in [0.25, 0.3) is 0 Å². The molecule has 1 saturated carbocycles. The quantitative estimate of drug-likeness (QED) is 0.784. The molecule has 2 heteroatoms. The molecule has 0 spiro atoms. The minimum absolute atomic E-state index is 0.664. The maximum Gasteiger partial charge on any atom is 0.0249 e. The molecule has 1 N–H and O–H groups in total. The molecule has 0 aromatic rings. The van der Waals surface area contributed by atoms with Gasteiger partial charge in [-0.05, 0) is 57.2 Å². The van der Waals surface area contributed by atoms with E-state index in [0.717, 1.165) is 12.1 Å². The fourth-order valence-electron chi connectivity index (χ4n) is 4.40. The summed E-state index contributed by atoms with van der Waals surface area (Å²) in [6, 6.07) is 1.58. The Morgan fingerprint density at radius 2 is 1.65 bits per heavy atom. The van der Waals surface area contributed by atoms with Crippen LogP contribution in [0.3, 0.4) is 0 Å². The van der Waals surface area contributed by atoms with Gasteiger partial charge in [-0.15, -0.1) is 0 Å². The highest BCUT2D eigenvalue weighted by molar-refractivity contribution is 4.92. The van der Waals surface area contributed by atoms with Crippen molar-refractivity contribution in [3.8, 4) is 0 Å². The molecule has 2 unspecified atom stereocenters. The van der Waals surface area contributed by atoms with Crippen LogP contribution in [0.1, 0.15) is 78.6 Å². The molecule has 0 bridgehead atoms. The van der Waals surface area contributed by atoms with Gasteiger partial charge in [-0.25, -0.2) is 0 Å². The molecule has 0 radical (unpaired) electrons. The molecule has 0 aromatic carbocycles. The van der Waals surface area contributed by atoms with Crippen LogP contribution in [0.2, 0.25) is 0 Å². The Balaban J connectivity index is 1.90. The molecule has 2 rings (SSSR count). The highest BCUT2D eigenvalue weighted by Gasteiger charge is 2.36. The molecule has 2 fully saturated rings. The number of hydrogen-bond acceptors (Lipinski definition) is 2. The molecular formula is C18H36N2. The molecule has 0 amide bonds. The number of nitrogens with one attached hydrogen (secondary N) is 1. The Morgan fingerprint density at radius 3 is 2.25 bits per heavy atom. The first-order valence-electron chi connectivity index (χ1n) is 9.22. The minimum Gasteiger partial charge on any atom is -0.312 e. The van der Waals surface area contributed by atoms with Crippen molar-refractivity contribution in [3.05, 3.63) is 0 Å². The van der Waals surface area contributed by atoms with Crippen LogP contribution in [-0.4, -0.2) is 36.6 Å². The average Bonchev–Trinajstić information content (AvgIpc) is 2.53. The molecule has 1 heterocycles. The Bertz CT molecular complexity index is 263. The van der Waals surface area contributed by atoms with E-state index < -0.39 is 0 Å². The zero-order valence-electron chi connectivity index (χ0n) is 14.1. The van der Waals surface area contributed by atoms with Crippen molar-refractivity contribution < 1.29 is 0 Å². The number of piperidine rings is 1. The smallest absolute Gasteiger partial charge is 0.0249 e. The predicted molar refractivity (Wildman–Crippen MR) is 88.2 cm³/mol. The van der Waals surface area contributed by atoms with Crippen molar-refractivity contribution in [2.24, 2.45) is 5.41 Å². The third-order valence-corrected chi connectivity index (χ3v) is 6.21. The van der Waals surface area contributed by atoms with Crippen molar-refractivity contribution in [2.45, 2.75) is 90.6 Å². The van der Waals surface area contributed by atoms with E-state index in [-0.39, 0.29) is 0 Å². The highest BCUT2D eigenvalue weighted by atomic mass is 15.2. The molecule has 2 nitrogen and oxygen atoms in total. The second-order valence-electron chi connectivity index (χ2n) is 7.16. The van der Waals surface area contributed by atoms with E-state index in [1.54, 1.807) is 0 Å². The van der Waals surface area contributed by atoms with Gasteiger partial charge in [0.2, 0.25) is 0 Å². The van der Waals surface area contributed by atoms with E-state index in [4.69, 9.17) is 0 Å². The fourth-order valence-corrected chi connectivity index (χ4v) is 4.40. The summed E-state index contributed by atoms with van der Waals surface area (Å²) in [5.74, 6) is 0. The molecule has 1 saturated heterocycles. The molecule has 2 atom stereocenters. The van der Waals surface area contributed by atoms with E-state index in [9.17, 15) is 0 Å². The molecular weight excluding hydrogens is 244 g/mol. The van der Waals surface area contributed by atoms with Gasteiger partial charge in [-0.3, -0.25) is 4.90 Å². The molecule has 20 heavy (non-hydrogen) atoms. The Morgan fingerprint density at radius 1 is 1.00 bits per heavy atom. The van der Waals surface area contributed by atoms with Crippen molar-refractivity contribution in [2.75, 3.05) is 19.6 Å². The lowest BCUT2D eigenvalue weighted by atomic mass is 9.73. The van der Waals surface area contributed by atoms with Gasteiger partial charge in [-0.2, -0.15) is 0 Å². The van der Waals surface area contributed by atoms with E-state index in [1.165, 1.54) is 77.4 Å². The Kier molecular flexibility index (Phi) is 6.35. The molecule has 118 valence electrons. The zero-order chi connectivity index (χ0) is 14.4. The van der Waals surface area contributed by atoms with Crippen molar-refractivity contribution in [1.29, 1.82) is 0 Å². The van der Waals surface area contributed by atoms with Crippen LogP contribution < -0.4 is 5.32 Å². The molecule has 2 aliphatic rings. The van der Waals surface area contributed by atoms with Gasteiger partial charge in [0.05, 0.1) is 0 Å². The SMILES string of the molecule is CCCNC1CCCCC1N1CCC(CC)(CC)CC1. The lowest BCUT2D eigenvalue weighted by Crippen LogP contribution is -2.55. The monoisotopic (exact) mass is 280 g/mol. The highest BCUT2D eigenvalue weighted by Crippen LogP contribution is 2.39. The minimum atomic E-state index is 0.664. The summed E-state index contributed by atoms with van der Waals surface area (Å²) in [7, 11) is 0. The maximum absolute atomic E-state index is 3.83. The lowest BCUT2D eigenvalue weighted by Gasteiger charge is -2.47. The topological polar surface area (TPSA) is 15.3 Å². The standard InChI is InChI=1S/C18H36N2/c1-4-13-19-16-9-7-8-10-17(16)20-14-11-18(5-2,6-3)12-15-20/h16-17,19H,4-15H2,1-3H3. The first-order valence-corrected chi connectivity index (χ1v) is 9.22. The summed E-state index contributed by atoms with van der Waals surface area (Å²) in [6.07, 6.45) is 12.6. The van der Waals surface area contributed by atoms with Crippen LogP contribution in [0, 0.1) is 5.41 Å². The first kappa shape index (κ1) is 16.3. The van der Waals surface area contributed by atoms with Gasteiger partial charge < -0.3 is 5.32 Å². The van der Waals surface area contributed by atoms with Crippen LogP contribution >= 0.6 is 0 Å². The lowest BCUT2D eigenvalue weighted by molar-refractivity contribution is 0.0395. The van der Waals surface area contributed by atoms with Crippen LogP contribution in [0.5, 0.6) is 0 Å². The van der Waals surface area contributed by atoms with Gasteiger partial charge in [0.1, 0.15) is 0 Å². The summed E-state index contributed by atoms with van der Waals surface area (Å²) in [6.45, 7) is 11.0. The van der Waals surface area contributed by atoms with Gasteiger partial charge in [-0.1, -0.05) is 46.5 Å². The van der Waals surface area contributed by atoms with E-state index in [2.05, 4.69) is 31.0 Å². The molecule has 0 aromatic heterocycles. The fraction of sp³-hybridized carbons (Fsp3) is 1.00. The van der Waals surface area contributed by atoms with Crippen LogP contribution in [-0.2, 0) is 0 Å². The maximum atomic E-state index is 3.83. The average molecular weight is 280 g/mol. The van der Waals surface area contributed by atoms with Crippen molar-refractivity contribution in [3.63, 3.8) is 0 Å². The van der Waals surface area contributed by atoms with Crippen LogP contribution in [0.15, 0.2) is 0 Å². The van der Waals surface area contributed by atoms with Gasteiger partial charge in [0.15, 0.2) is 0 Å². The summed E-state index contributed by atoms with van der Waals surface area (Å²) in [4.78, 5) is 2.83. The van der Waals surface area contributed by atoms with E-state index in [0.29, 0.717) is 5.41 Å². The third kappa shape index (κ3) is 3.76. The Hall–Kier alpha value is -0.0800. The number of nitrogens with zero attached hydrogens (tertiary/aromatic N) is 1. The van der Waals surface area contributed by atoms with E-state index >= 15 is 0 Å². The summed E-state index contributed by atoms with van der Waals surface area (Å²) < 4.78 is 0. The third-order valence-electron chi connectivity index (χ3n) is 6.21. The number of rotatable bonds is 6. The summed E-state index contributed by atoms with van der Waals surface area (Å²) in [5, 5.41) is 3.83.